The molecule has 0 heterocycles. The van der Waals surface area contributed by atoms with E-state index < -0.39 is 6.67 Å². The first kappa shape index (κ1) is 6.93. The lowest BCUT2D eigenvalue weighted by molar-refractivity contribution is 0.112. The predicted molar refractivity (Wildman–Crippen MR) is 36.6 cm³/mol. The summed E-state index contributed by atoms with van der Waals surface area (Å²) in [6, 6.07) is 6.40. The molecule has 0 bridgehead atoms. The van der Waals surface area contributed by atoms with Gasteiger partial charge in [0.2, 0.25) is 0 Å². The van der Waals surface area contributed by atoms with E-state index in [-0.39, 0.29) is 0 Å². The number of rotatable bonds is 2. The largest absolute Gasteiger partial charge is 0.298 e. The van der Waals surface area contributed by atoms with Crippen LogP contribution in [0, 0.1) is 0 Å². The number of benzene rings is 1. The number of carbonyl (C=O) groups excluding carboxylic acids is 1. The zero-order valence-electron chi connectivity index (χ0n) is 5.38. The van der Waals surface area contributed by atoms with E-state index in [1.807, 2.05) is 0 Å². The lowest BCUT2D eigenvalue weighted by atomic mass is 10.2. The number of alkyl halides is 1. The van der Waals surface area contributed by atoms with E-state index in [9.17, 15) is 9.18 Å². The summed E-state index contributed by atoms with van der Waals surface area (Å²) in [5.41, 5.74) is 1.18. The van der Waals surface area contributed by atoms with Gasteiger partial charge < -0.3 is 0 Å². The van der Waals surface area contributed by atoms with Crippen LogP contribution in [0.3, 0.4) is 0 Å². The second-order valence-corrected chi connectivity index (χ2v) is 1.99. The number of carbonyl (C=O) groups is 1. The van der Waals surface area contributed by atoms with E-state index in [1.54, 1.807) is 24.3 Å². The van der Waals surface area contributed by atoms with Crippen LogP contribution in [-0.2, 0) is 6.67 Å². The molecule has 10 heavy (non-hydrogen) atoms. The lowest BCUT2D eigenvalue weighted by Crippen LogP contribution is -1.80. The van der Waals surface area contributed by atoms with Gasteiger partial charge in [0.25, 0.3) is 0 Å². The Morgan fingerprint density at radius 2 is 1.90 bits per heavy atom. The van der Waals surface area contributed by atoms with Gasteiger partial charge in [0.15, 0.2) is 0 Å². The Kier molecular flexibility index (Phi) is 2.15. The Bertz CT molecular complexity index is 215. The Hall–Kier alpha value is -1.18. The van der Waals surface area contributed by atoms with E-state index in [2.05, 4.69) is 0 Å². The van der Waals surface area contributed by atoms with Gasteiger partial charge in [-0.15, -0.1) is 0 Å². The van der Waals surface area contributed by atoms with Crippen molar-refractivity contribution in [2.45, 2.75) is 6.67 Å². The Balaban J connectivity index is 2.90. The highest BCUT2D eigenvalue weighted by Crippen LogP contribution is 2.02. The average molecular weight is 138 g/mol. The highest BCUT2D eigenvalue weighted by Gasteiger charge is 1.90. The minimum Gasteiger partial charge on any atom is -0.298 e. The number of hydrogen-bond donors (Lipinski definition) is 0. The predicted octanol–water partition coefficient (Wildman–Crippen LogP) is 1.97. The molecule has 0 aliphatic rings. The summed E-state index contributed by atoms with van der Waals surface area (Å²) in [6.45, 7) is -0.473. The van der Waals surface area contributed by atoms with Crippen LogP contribution in [0.5, 0.6) is 0 Å². The van der Waals surface area contributed by atoms with Crippen LogP contribution in [0.25, 0.3) is 0 Å². The molecular weight excluding hydrogens is 131 g/mol. The van der Waals surface area contributed by atoms with Crippen LogP contribution < -0.4 is 0 Å². The van der Waals surface area contributed by atoms with Crippen molar-refractivity contribution in [3.05, 3.63) is 35.4 Å². The summed E-state index contributed by atoms with van der Waals surface area (Å²) in [7, 11) is 0. The van der Waals surface area contributed by atoms with Crippen molar-refractivity contribution < 1.29 is 9.18 Å². The molecule has 0 saturated carbocycles. The van der Waals surface area contributed by atoms with Crippen molar-refractivity contribution in [3.8, 4) is 0 Å². The van der Waals surface area contributed by atoms with E-state index in [0.29, 0.717) is 11.1 Å². The van der Waals surface area contributed by atoms with Crippen LogP contribution in [-0.4, -0.2) is 6.29 Å². The molecule has 0 aliphatic carbocycles. The van der Waals surface area contributed by atoms with Gasteiger partial charge in [-0.3, -0.25) is 4.79 Å². The van der Waals surface area contributed by atoms with Crippen molar-refractivity contribution >= 4 is 6.29 Å². The second-order valence-electron chi connectivity index (χ2n) is 1.99. The fraction of sp³-hybridized carbons (Fsp3) is 0.125. The fourth-order valence-electron chi connectivity index (χ4n) is 0.685. The molecule has 0 aromatic heterocycles. The minimum atomic E-state index is -0.473. The Morgan fingerprint density at radius 1 is 1.30 bits per heavy atom. The molecule has 1 aromatic rings. The van der Waals surface area contributed by atoms with Gasteiger partial charge in [-0.25, -0.2) is 4.39 Å². The molecule has 0 spiro atoms. The molecule has 0 atom stereocenters. The van der Waals surface area contributed by atoms with E-state index in [4.69, 9.17) is 0 Å². The third-order valence-corrected chi connectivity index (χ3v) is 1.27. The molecule has 0 unspecified atom stereocenters. The molecule has 0 aliphatic heterocycles. The topological polar surface area (TPSA) is 17.1 Å². The number of aldehydes is 1. The molecule has 1 rings (SSSR count). The Labute approximate surface area is 58.5 Å². The summed E-state index contributed by atoms with van der Waals surface area (Å²) in [6.07, 6.45) is 0.738. The fourth-order valence-corrected chi connectivity index (χ4v) is 0.685. The molecule has 1 aromatic carbocycles. The van der Waals surface area contributed by atoms with Crippen molar-refractivity contribution in [1.29, 1.82) is 0 Å². The zero-order valence-corrected chi connectivity index (χ0v) is 5.38. The molecule has 0 amide bonds. The van der Waals surface area contributed by atoms with Gasteiger partial charge in [-0.2, -0.15) is 0 Å². The van der Waals surface area contributed by atoms with Crippen LogP contribution in [0.15, 0.2) is 24.3 Å². The van der Waals surface area contributed by atoms with Crippen molar-refractivity contribution in [2.75, 3.05) is 0 Å². The van der Waals surface area contributed by atoms with Gasteiger partial charge >= 0.3 is 0 Å². The molecule has 0 fully saturated rings. The van der Waals surface area contributed by atoms with E-state index in [0.717, 1.165) is 6.29 Å². The highest BCUT2D eigenvalue weighted by atomic mass is 19.1. The van der Waals surface area contributed by atoms with Crippen molar-refractivity contribution in [1.82, 2.24) is 0 Å². The third-order valence-electron chi connectivity index (χ3n) is 1.27. The molecule has 2 heteroatoms. The first-order valence-corrected chi connectivity index (χ1v) is 2.97. The summed E-state index contributed by atoms with van der Waals surface area (Å²) in [5.74, 6) is 0. The number of hydrogen-bond acceptors (Lipinski definition) is 1. The van der Waals surface area contributed by atoms with Crippen LogP contribution in [0.1, 0.15) is 15.9 Å². The quantitative estimate of drug-likeness (QED) is 0.571. The minimum absolute atomic E-state index is 0.473. The van der Waals surface area contributed by atoms with Gasteiger partial charge in [-0.1, -0.05) is 24.3 Å². The molecule has 0 N–H and O–H groups in total. The molecule has 1 nitrogen and oxygen atoms in total. The highest BCUT2D eigenvalue weighted by molar-refractivity contribution is 5.74. The van der Waals surface area contributed by atoms with E-state index in [1.165, 1.54) is 0 Å². The van der Waals surface area contributed by atoms with Crippen LogP contribution in [0.2, 0.25) is 0 Å². The lowest BCUT2D eigenvalue weighted by Gasteiger charge is -1.92. The second kappa shape index (κ2) is 3.11. The SMILES string of the molecule is O=Cc1ccc(CF)cc1. The molecule has 52 valence electrons. The van der Waals surface area contributed by atoms with Gasteiger partial charge in [0.1, 0.15) is 13.0 Å². The maximum absolute atomic E-state index is 11.9. The summed E-state index contributed by atoms with van der Waals surface area (Å²) in [4.78, 5) is 10.1. The van der Waals surface area contributed by atoms with E-state index >= 15 is 0 Å². The molecule has 0 saturated heterocycles. The smallest absolute Gasteiger partial charge is 0.150 e. The maximum Gasteiger partial charge on any atom is 0.150 e. The zero-order chi connectivity index (χ0) is 7.40. The average Bonchev–Trinajstić information content (AvgIpc) is 2.05. The normalized spacial score (nSPS) is 9.30. The summed E-state index contributed by atoms with van der Waals surface area (Å²) in [5, 5.41) is 0. The monoisotopic (exact) mass is 138 g/mol. The first-order valence-electron chi connectivity index (χ1n) is 2.97. The van der Waals surface area contributed by atoms with Crippen molar-refractivity contribution in [3.63, 3.8) is 0 Å². The summed E-state index contributed by atoms with van der Waals surface area (Å²) < 4.78 is 11.9. The third kappa shape index (κ3) is 1.41. The van der Waals surface area contributed by atoms with Crippen LogP contribution >= 0.6 is 0 Å². The van der Waals surface area contributed by atoms with Gasteiger partial charge in [0, 0.05) is 5.56 Å². The molecule has 0 radical (unpaired) electrons. The summed E-state index contributed by atoms with van der Waals surface area (Å²) >= 11 is 0. The Morgan fingerprint density at radius 3 is 2.30 bits per heavy atom. The first-order chi connectivity index (χ1) is 4.86. The molecular formula is C8H7FO. The number of halogens is 1. The van der Waals surface area contributed by atoms with Gasteiger partial charge in [-0.05, 0) is 5.56 Å². The maximum atomic E-state index is 11.9. The standard InChI is InChI=1S/C8H7FO/c9-5-7-1-3-8(6-10)4-2-7/h1-4,6H,5H2. The van der Waals surface area contributed by atoms with Gasteiger partial charge in [0.05, 0.1) is 0 Å². The van der Waals surface area contributed by atoms with Crippen molar-refractivity contribution in [2.24, 2.45) is 0 Å². The van der Waals surface area contributed by atoms with Crippen LogP contribution in [0.4, 0.5) is 4.39 Å².